The molecular formula is C11H13BrO. The van der Waals surface area contributed by atoms with E-state index in [1.807, 2.05) is 24.3 Å². The lowest BCUT2D eigenvalue weighted by Crippen LogP contribution is -2.10. The van der Waals surface area contributed by atoms with E-state index in [1.54, 1.807) is 0 Å². The van der Waals surface area contributed by atoms with Crippen molar-refractivity contribution in [3.63, 3.8) is 0 Å². The number of para-hydroxylation sites is 1. The van der Waals surface area contributed by atoms with Crippen molar-refractivity contribution in [2.24, 2.45) is 0 Å². The minimum absolute atomic E-state index is 0.443. The van der Waals surface area contributed by atoms with Crippen molar-refractivity contribution in [1.82, 2.24) is 0 Å². The van der Waals surface area contributed by atoms with Crippen molar-refractivity contribution in [3.8, 4) is 5.75 Å². The molecule has 0 aromatic heterocycles. The van der Waals surface area contributed by atoms with Gasteiger partial charge in [0.05, 0.1) is 10.6 Å². The van der Waals surface area contributed by atoms with Gasteiger partial charge in [-0.05, 0) is 53.7 Å². The monoisotopic (exact) mass is 240 g/mol. The zero-order valence-corrected chi connectivity index (χ0v) is 9.09. The van der Waals surface area contributed by atoms with E-state index >= 15 is 0 Å². The second kappa shape index (κ2) is 4.14. The summed E-state index contributed by atoms with van der Waals surface area (Å²) in [6.07, 6.45) is 5.49. The molecule has 13 heavy (non-hydrogen) atoms. The molecule has 2 heteroatoms. The molecule has 70 valence electrons. The molecule has 0 amide bonds. The highest BCUT2D eigenvalue weighted by Crippen LogP contribution is 2.29. The van der Waals surface area contributed by atoms with E-state index in [0.717, 1.165) is 10.2 Å². The quantitative estimate of drug-likeness (QED) is 0.765. The Morgan fingerprint density at radius 2 is 1.85 bits per heavy atom. The van der Waals surface area contributed by atoms with E-state index in [1.165, 1.54) is 25.7 Å². The van der Waals surface area contributed by atoms with Crippen molar-refractivity contribution < 1.29 is 4.74 Å². The molecule has 1 aromatic rings. The molecule has 0 bridgehead atoms. The summed E-state index contributed by atoms with van der Waals surface area (Å²) in [6, 6.07) is 8.05. The zero-order chi connectivity index (χ0) is 9.10. The van der Waals surface area contributed by atoms with Gasteiger partial charge in [-0.2, -0.15) is 0 Å². The van der Waals surface area contributed by atoms with Crippen LogP contribution in [0, 0.1) is 0 Å². The lowest BCUT2D eigenvalue weighted by molar-refractivity contribution is 0.208. The summed E-state index contributed by atoms with van der Waals surface area (Å²) in [4.78, 5) is 0. The minimum atomic E-state index is 0.443. The fourth-order valence-electron chi connectivity index (χ4n) is 1.73. The van der Waals surface area contributed by atoms with Crippen LogP contribution in [-0.4, -0.2) is 6.10 Å². The van der Waals surface area contributed by atoms with Crippen molar-refractivity contribution in [1.29, 1.82) is 0 Å². The summed E-state index contributed by atoms with van der Waals surface area (Å²) in [5.74, 6) is 0.981. The van der Waals surface area contributed by atoms with Crippen LogP contribution in [0.4, 0.5) is 0 Å². The molecule has 1 aliphatic carbocycles. The molecular weight excluding hydrogens is 228 g/mol. The van der Waals surface area contributed by atoms with Gasteiger partial charge in [0, 0.05) is 0 Å². The molecule has 0 saturated heterocycles. The second-order valence-corrected chi connectivity index (χ2v) is 4.31. The maximum atomic E-state index is 5.86. The van der Waals surface area contributed by atoms with Crippen LogP contribution in [0.3, 0.4) is 0 Å². The number of benzene rings is 1. The first-order valence-electron chi connectivity index (χ1n) is 4.77. The second-order valence-electron chi connectivity index (χ2n) is 3.45. The van der Waals surface area contributed by atoms with Gasteiger partial charge in [-0.1, -0.05) is 12.1 Å². The predicted octanol–water partition coefficient (Wildman–Crippen LogP) is 3.77. The first-order valence-corrected chi connectivity index (χ1v) is 5.57. The van der Waals surface area contributed by atoms with Crippen molar-refractivity contribution in [2.45, 2.75) is 31.8 Å². The van der Waals surface area contributed by atoms with Crippen LogP contribution in [0.5, 0.6) is 5.75 Å². The third kappa shape index (κ3) is 2.25. The summed E-state index contributed by atoms with van der Waals surface area (Å²) < 4.78 is 6.92. The summed E-state index contributed by atoms with van der Waals surface area (Å²) in [7, 11) is 0. The van der Waals surface area contributed by atoms with Gasteiger partial charge in [0.2, 0.25) is 0 Å². The standard InChI is InChI=1S/C11H13BrO/c12-10-7-3-4-8-11(10)13-9-5-1-2-6-9/h3-4,7-9H,1-2,5-6H2. The molecule has 0 radical (unpaired) electrons. The van der Waals surface area contributed by atoms with Gasteiger partial charge in [0.1, 0.15) is 5.75 Å². The maximum Gasteiger partial charge on any atom is 0.133 e. The molecule has 1 saturated carbocycles. The molecule has 0 unspecified atom stereocenters. The fraction of sp³-hybridized carbons (Fsp3) is 0.455. The summed E-state index contributed by atoms with van der Waals surface area (Å²) in [5, 5.41) is 0. The Morgan fingerprint density at radius 1 is 1.15 bits per heavy atom. The van der Waals surface area contributed by atoms with E-state index in [0.29, 0.717) is 6.10 Å². The summed E-state index contributed by atoms with van der Waals surface area (Å²) in [6.45, 7) is 0. The Hall–Kier alpha value is -0.500. The van der Waals surface area contributed by atoms with E-state index in [-0.39, 0.29) is 0 Å². The van der Waals surface area contributed by atoms with Gasteiger partial charge in [0.15, 0.2) is 0 Å². The Bertz CT molecular complexity index is 279. The largest absolute Gasteiger partial charge is 0.489 e. The highest BCUT2D eigenvalue weighted by molar-refractivity contribution is 9.10. The Kier molecular flexibility index (Phi) is 2.89. The van der Waals surface area contributed by atoms with Crippen LogP contribution in [0.25, 0.3) is 0 Å². The molecule has 0 spiro atoms. The average Bonchev–Trinajstić information content (AvgIpc) is 2.61. The molecule has 2 rings (SSSR count). The van der Waals surface area contributed by atoms with E-state index in [2.05, 4.69) is 15.9 Å². The van der Waals surface area contributed by atoms with Crippen molar-refractivity contribution >= 4 is 15.9 Å². The van der Waals surface area contributed by atoms with Crippen LogP contribution in [-0.2, 0) is 0 Å². The fourth-order valence-corrected chi connectivity index (χ4v) is 2.10. The lowest BCUT2D eigenvalue weighted by Gasteiger charge is -2.13. The van der Waals surface area contributed by atoms with Gasteiger partial charge < -0.3 is 4.74 Å². The molecule has 0 N–H and O–H groups in total. The van der Waals surface area contributed by atoms with E-state index in [4.69, 9.17) is 4.74 Å². The van der Waals surface area contributed by atoms with Crippen molar-refractivity contribution in [2.75, 3.05) is 0 Å². The number of ether oxygens (including phenoxy) is 1. The van der Waals surface area contributed by atoms with E-state index in [9.17, 15) is 0 Å². The van der Waals surface area contributed by atoms with Gasteiger partial charge in [-0.15, -0.1) is 0 Å². The first kappa shape index (κ1) is 9.07. The number of hydrogen-bond acceptors (Lipinski definition) is 1. The molecule has 0 heterocycles. The van der Waals surface area contributed by atoms with Gasteiger partial charge >= 0.3 is 0 Å². The normalized spacial score (nSPS) is 17.6. The molecule has 1 aliphatic rings. The van der Waals surface area contributed by atoms with Gasteiger partial charge in [0.25, 0.3) is 0 Å². The highest BCUT2D eigenvalue weighted by atomic mass is 79.9. The van der Waals surface area contributed by atoms with Crippen molar-refractivity contribution in [3.05, 3.63) is 28.7 Å². The summed E-state index contributed by atoms with van der Waals surface area (Å²) in [5.41, 5.74) is 0. The lowest BCUT2D eigenvalue weighted by atomic mass is 10.3. The highest BCUT2D eigenvalue weighted by Gasteiger charge is 2.16. The SMILES string of the molecule is Brc1ccccc1OC1CCCC1. The predicted molar refractivity (Wildman–Crippen MR) is 57.0 cm³/mol. The molecule has 0 aliphatic heterocycles. The van der Waals surface area contributed by atoms with Crippen LogP contribution in [0.15, 0.2) is 28.7 Å². The minimum Gasteiger partial charge on any atom is -0.489 e. The van der Waals surface area contributed by atoms with E-state index < -0.39 is 0 Å². The van der Waals surface area contributed by atoms with Crippen LogP contribution in [0.2, 0.25) is 0 Å². The Labute approximate surface area is 87.2 Å². The third-order valence-electron chi connectivity index (χ3n) is 2.43. The Morgan fingerprint density at radius 3 is 2.54 bits per heavy atom. The van der Waals surface area contributed by atoms with Gasteiger partial charge in [-0.3, -0.25) is 0 Å². The maximum absolute atomic E-state index is 5.86. The van der Waals surface area contributed by atoms with Gasteiger partial charge in [-0.25, -0.2) is 0 Å². The van der Waals surface area contributed by atoms with Crippen LogP contribution < -0.4 is 4.74 Å². The molecule has 1 fully saturated rings. The number of hydrogen-bond donors (Lipinski definition) is 0. The molecule has 1 nitrogen and oxygen atoms in total. The smallest absolute Gasteiger partial charge is 0.133 e. The third-order valence-corrected chi connectivity index (χ3v) is 3.09. The average molecular weight is 241 g/mol. The first-order chi connectivity index (χ1) is 6.36. The van der Waals surface area contributed by atoms with Crippen LogP contribution >= 0.6 is 15.9 Å². The van der Waals surface area contributed by atoms with Crippen LogP contribution in [0.1, 0.15) is 25.7 Å². The number of halogens is 1. The molecule has 0 atom stereocenters. The topological polar surface area (TPSA) is 9.23 Å². The number of rotatable bonds is 2. The zero-order valence-electron chi connectivity index (χ0n) is 7.50. The summed E-state index contributed by atoms with van der Waals surface area (Å²) >= 11 is 3.48. The molecule has 1 aromatic carbocycles. The Balaban J connectivity index is 2.04.